The third-order valence-corrected chi connectivity index (χ3v) is 4.13. The monoisotopic (exact) mass is 349 g/mol. The Morgan fingerprint density at radius 3 is 2.77 bits per heavy atom. The zero-order chi connectivity index (χ0) is 17.9. The number of para-hydroxylation sites is 1. The molecule has 0 aliphatic carbocycles. The van der Waals surface area contributed by atoms with Crippen LogP contribution in [0.1, 0.15) is 28.6 Å². The van der Waals surface area contributed by atoms with Crippen LogP contribution in [-0.2, 0) is 4.79 Å². The van der Waals surface area contributed by atoms with Gasteiger partial charge in [-0.05, 0) is 24.3 Å². The lowest BCUT2D eigenvalue weighted by molar-refractivity contribution is -0.117. The van der Waals surface area contributed by atoms with E-state index in [2.05, 4.69) is 20.5 Å². The van der Waals surface area contributed by atoms with E-state index >= 15 is 0 Å². The molecule has 1 atom stereocenters. The van der Waals surface area contributed by atoms with Crippen LogP contribution in [0.25, 0.3) is 0 Å². The van der Waals surface area contributed by atoms with Gasteiger partial charge in [0.05, 0.1) is 11.5 Å². The van der Waals surface area contributed by atoms with Gasteiger partial charge in [0.25, 0.3) is 5.91 Å². The van der Waals surface area contributed by atoms with Crippen molar-refractivity contribution in [3.8, 4) is 0 Å². The first-order valence-corrected chi connectivity index (χ1v) is 8.11. The van der Waals surface area contributed by atoms with E-state index in [1.165, 1.54) is 6.20 Å². The zero-order valence-electron chi connectivity index (χ0n) is 13.7. The maximum Gasteiger partial charge on any atom is 0.322 e. The average Bonchev–Trinajstić information content (AvgIpc) is 3.30. The first kappa shape index (κ1) is 15.9. The second-order valence-corrected chi connectivity index (χ2v) is 5.88. The normalized spacial score (nSPS) is 16.7. The summed E-state index contributed by atoms with van der Waals surface area (Å²) < 4.78 is 5.54. The summed E-state index contributed by atoms with van der Waals surface area (Å²) in [6, 6.07) is 12.7. The number of amides is 2. The summed E-state index contributed by atoms with van der Waals surface area (Å²) >= 11 is 0. The van der Waals surface area contributed by atoms with Gasteiger partial charge in [-0.25, -0.2) is 0 Å². The second-order valence-electron chi connectivity index (χ2n) is 5.88. The van der Waals surface area contributed by atoms with E-state index in [1.807, 2.05) is 30.3 Å². The third kappa shape index (κ3) is 3.16. The van der Waals surface area contributed by atoms with Crippen molar-refractivity contribution in [2.45, 2.75) is 12.3 Å². The van der Waals surface area contributed by atoms with Crippen molar-refractivity contribution in [1.82, 2.24) is 15.2 Å². The Morgan fingerprint density at radius 2 is 2.00 bits per heavy atom. The minimum Gasteiger partial charge on any atom is -0.407 e. The number of aromatic nitrogens is 3. The molecule has 1 N–H and O–H groups in total. The Hall–Kier alpha value is -3.55. The second kappa shape index (κ2) is 6.75. The smallest absolute Gasteiger partial charge is 0.322 e. The predicted octanol–water partition coefficient (Wildman–Crippen LogP) is 2.24. The number of hydrogen-bond donors (Lipinski definition) is 1. The molecule has 2 amide bonds. The minimum atomic E-state index is -0.387. The Kier molecular flexibility index (Phi) is 4.14. The van der Waals surface area contributed by atoms with E-state index in [0.29, 0.717) is 18.0 Å². The van der Waals surface area contributed by atoms with Crippen molar-refractivity contribution in [3.05, 3.63) is 66.3 Å². The predicted molar refractivity (Wildman–Crippen MR) is 92.6 cm³/mol. The van der Waals surface area contributed by atoms with Gasteiger partial charge in [-0.2, -0.15) is 0 Å². The quantitative estimate of drug-likeness (QED) is 0.775. The van der Waals surface area contributed by atoms with Crippen molar-refractivity contribution >= 4 is 23.5 Å². The van der Waals surface area contributed by atoms with Gasteiger partial charge in [-0.3, -0.25) is 19.9 Å². The number of hydrogen-bond acceptors (Lipinski definition) is 6. The molecule has 1 unspecified atom stereocenters. The van der Waals surface area contributed by atoms with Gasteiger partial charge in [-0.15, -0.1) is 5.10 Å². The highest BCUT2D eigenvalue weighted by Crippen LogP contribution is 2.31. The van der Waals surface area contributed by atoms with Crippen LogP contribution in [0.15, 0.2) is 59.3 Å². The molecule has 8 heteroatoms. The van der Waals surface area contributed by atoms with Crippen LogP contribution in [0.3, 0.4) is 0 Å². The van der Waals surface area contributed by atoms with E-state index < -0.39 is 0 Å². The van der Waals surface area contributed by atoms with E-state index in [9.17, 15) is 9.59 Å². The molecule has 1 saturated heterocycles. The zero-order valence-corrected chi connectivity index (χ0v) is 13.7. The summed E-state index contributed by atoms with van der Waals surface area (Å²) in [4.78, 5) is 30.0. The highest BCUT2D eigenvalue weighted by Gasteiger charge is 2.35. The number of anilines is 2. The summed E-state index contributed by atoms with van der Waals surface area (Å²) in [6.45, 7) is 0.459. The first-order chi connectivity index (χ1) is 12.7. The number of rotatable bonds is 4. The van der Waals surface area contributed by atoms with Crippen LogP contribution in [0, 0.1) is 0 Å². The number of nitrogens with zero attached hydrogens (tertiary/aromatic N) is 4. The van der Waals surface area contributed by atoms with Gasteiger partial charge in [-0.1, -0.05) is 23.3 Å². The highest BCUT2D eigenvalue weighted by molar-refractivity contribution is 6.02. The molecule has 0 bridgehead atoms. The Morgan fingerprint density at radius 1 is 1.15 bits per heavy atom. The fourth-order valence-electron chi connectivity index (χ4n) is 2.85. The number of pyridine rings is 1. The van der Waals surface area contributed by atoms with Gasteiger partial charge >= 0.3 is 6.01 Å². The lowest BCUT2D eigenvalue weighted by Gasteiger charge is -2.15. The van der Waals surface area contributed by atoms with Gasteiger partial charge in [0.2, 0.25) is 11.8 Å². The molecule has 0 spiro atoms. The Labute approximate surface area is 148 Å². The van der Waals surface area contributed by atoms with E-state index in [4.69, 9.17) is 4.42 Å². The summed E-state index contributed by atoms with van der Waals surface area (Å²) in [5, 5.41) is 10.4. The lowest BCUT2D eigenvalue weighted by atomic mass is 10.1. The highest BCUT2D eigenvalue weighted by atomic mass is 16.4. The molecule has 26 heavy (non-hydrogen) atoms. The van der Waals surface area contributed by atoms with E-state index in [-0.39, 0.29) is 30.2 Å². The number of carbonyl (C=O) groups excluding carboxylic acids is 2. The molecule has 1 aliphatic heterocycles. The summed E-state index contributed by atoms with van der Waals surface area (Å²) in [6.07, 6.45) is 3.31. The van der Waals surface area contributed by atoms with Crippen LogP contribution in [0.5, 0.6) is 0 Å². The van der Waals surface area contributed by atoms with Crippen LogP contribution in [0.2, 0.25) is 0 Å². The summed E-state index contributed by atoms with van der Waals surface area (Å²) in [5.74, 6) is -0.264. The maximum absolute atomic E-state index is 12.3. The van der Waals surface area contributed by atoms with Gasteiger partial charge in [0.1, 0.15) is 0 Å². The number of carbonyl (C=O) groups is 2. The third-order valence-electron chi connectivity index (χ3n) is 4.13. The van der Waals surface area contributed by atoms with Crippen molar-refractivity contribution < 1.29 is 14.0 Å². The van der Waals surface area contributed by atoms with Crippen molar-refractivity contribution in [1.29, 1.82) is 0 Å². The molecule has 3 aromatic rings. The van der Waals surface area contributed by atoms with Gasteiger partial charge in [0.15, 0.2) is 0 Å². The van der Waals surface area contributed by atoms with Crippen LogP contribution < -0.4 is 10.2 Å². The topological polar surface area (TPSA) is 101 Å². The molecule has 130 valence electrons. The largest absolute Gasteiger partial charge is 0.407 e. The van der Waals surface area contributed by atoms with Crippen molar-refractivity contribution in [3.63, 3.8) is 0 Å². The van der Waals surface area contributed by atoms with E-state index in [1.54, 1.807) is 23.2 Å². The van der Waals surface area contributed by atoms with Crippen molar-refractivity contribution in [2.75, 3.05) is 16.8 Å². The molecule has 0 radical (unpaired) electrons. The van der Waals surface area contributed by atoms with E-state index in [0.717, 1.165) is 5.69 Å². The summed E-state index contributed by atoms with van der Waals surface area (Å²) in [7, 11) is 0. The Bertz CT molecular complexity index is 926. The fraction of sp³-hybridized carbons (Fsp3) is 0.167. The summed E-state index contributed by atoms with van der Waals surface area (Å²) in [5.41, 5.74) is 1.23. The molecule has 1 aromatic carbocycles. The lowest BCUT2D eigenvalue weighted by Crippen LogP contribution is -2.24. The average molecular weight is 349 g/mol. The van der Waals surface area contributed by atoms with Gasteiger partial charge in [0, 0.05) is 31.0 Å². The Balaban J connectivity index is 1.45. The molecule has 4 rings (SSSR count). The molecule has 8 nitrogen and oxygen atoms in total. The van der Waals surface area contributed by atoms with Crippen molar-refractivity contribution in [2.24, 2.45) is 0 Å². The molecule has 1 aliphatic rings. The molecular weight excluding hydrogens is 334 g/mol. The van der Waals surface area contributed by atoms with Crippen LogP contribution >= 0.6 is 0 Å². The van der Waals surface area contributed by atoms with Crippen LogP contribution in [0.4, 0.5) is 11.7 Å². The van der Waals surface area contributed by atoms with Crippen LogP contribution in [-0.4, -0.2) is 33.5 Å². The molecule has 0 saturated carbocycles. The molecule has 3 heterocycles. The number of nitrogens with one attached hydrogen (secondary N) is 1. The number of benzene rings is 1. The molecule has 2 aromatic heterocycles. The molecular formula is C18H15N5O3. The minimum absolute atomic E-state index is 0.000320. The van der Waals surface area contributed by atoms with Gasteiger partial charge < -0.3 is 9.32 Å². The standard InChI is InChI=1S/C18H15N5O3/c24-15-9-13(11-23(15)14-6-2-1-3-7-14)17-21-22-18(26-17)20-16(25)12-5-4-8-19-10-12/h1-8,10,13H,9,11H2,(H,20,22,25). The maximum atomic E-state index is 12.3. The molecule has 1 fully saturated rings. The SMILES string of the molecule is O=C(Nc1nnc(C2CC(=O)N(c3ccccc3)C2)o1)c1cccnc1. The first-order valence-electron chi connectivity index (χ1n) is 8.11. The fourth-order valence-corrected chi connectivity index (χ4v) is 2.85.